The van der Waals surface area contributed by atoms with Crippen LogP contribution in [0.1, 0.15) is 163 Å². The first kappa shape index (κ1) is 68.1. The number of hydrogen-bond acceptors (Lipinski definition) is 5. The Kier molecular flexibility index (Phi) is 15.7. The number of hydrogen-bond donors (Lipinski definition) is 0. The Hall–Kier alpha value is -8.50. The first-order chi connectivity index (χ1) is 51.1. The molecule has 4 aliphatic heterocycles. The van der Waals surface area contributed by atoms with E-state index in [1.807, 2.05) is 0 Å². The van der Waals surface area contributed by atoms with Crippen LogP contribution in [0.3, 0.4) is 0 Å². The molecule has 106 heavy (non-hydrogen) atoms. The summed E-state index contributed by atoms with van der Waals surface area (Å²) in [5.41, 5.74) is 18.7. The summed E-state index contributed by atoms with van der Waals surface area (Å²) < 4.78 is 15.1. The molecule has 0 bridgehead atoms. The van der Waals surface area contributed by atoms with Crippen molar-refractivity contribution in [3.05, 3.63) is 268 Å². The molecule has 4 heterocycles. The monoisotopic (exact) mass is 1510 g/mol. The zero-order valence-electron chi connectivity index (χ0n) is 63.1. The molecule has 0 aromatic heterocycles. The van der Waals surface area contributed by atoms with Gasteiger partial charge in [0.05, 0.1) is 27.8 Å². The highest BCUT2D eigenvalue weighted by atomic mass is 79.9. The minimum atomic E-state index is -0.323. The summed E-state index contributed by atoms with van der Waals surface area (Å²) in [7, 11) is -0.315. The lowest BCUT2D eigenvalue weighted by molar-refractivity contribution is 0.00578. The molecule has 6 unspecified atom stereocenters. The lowest BCUT2D eigenvalue weighted by atomic mass is 9.61. The van der Waals surface area contributed by atoms with Gasteiger partial charge in [0.25, 0.3) is 0 Å². The third-order valence-electron chi connectivity index (χ3n) is 28.8. The van der Waals surface area contributed by atoms with Gasteiger partial charge in [-0.15, -0.1) is 0 Å². The van der Waals surface area contributed by atoms with Crippen LogP contribution in [0.15, 0.2) is 252 Å². The highest BCUT2D eigenvalue weighted by Crippen LogP contribution is 2.65. The average molecular weight is 1520 g/mol. The van der Waals surface area contributed by atoms with E-state index in [-0.39, 0.29) is 51.2 Å². The number of rotatable bonds is 6. The second kappa shape index (κ2) is 24.5. The molecule has 5 nitrogen and oxygen atoms in total. The fourth-order valence-electron chi connectivity index (χ4n) is 21.7. The molecule has 530 valence electrons. The smallest absolute Gasteiger partial charge is 0.399 e. The van der Waals surface area contributed by atoms with Gasteiger partial charge in [-0.2, -0.15) is 0 Å². The van der Waals surface area contributed by atoms with Crippen molar-refractivity contribution in [1.82, 2.24) is 0 Å². The van der Waals surface area contributed by atoms with Crippen LogP contribution in [-0.4, -0.2) is 34.9 Å². The topological polar surface area (TPSA) is 28.2 Å². The molecule has 3 saturated carbocycles. The summed E-state index contributed by atoms with van der Waals surface area (Å²) in [6.45, 7) is 23.6. The van der Waals surface area contributed by atoms with Gasteiger partial charge in [0.2, 0.25) is 0 Å². The Labute approximate surface area is 643 Å². The normalized spacial score (nSPS) is 25.3. The van der Waals surface area contributed by atoms with Gasteiger partial charge in [-0.1, -0.05) is 255 Å². The summed E-state index contributed by atoms with van der Waals surface area (Å²) in [5.74, 6) is 0. The minimum Gasteiger partial charge on any atom is -0.399 e. The SMILES string of the molecule is Brc1ccc2ccc3c(Br)ccc4ccc1c2c43.CC1(C)OB(c2ccc3c(c2)C2(C)CCCCC2(C)N3c2ccccc2)OC1(C)C.CC12CCCCC1(C)N(c1ccccc1)c1ccc(-c3ccc4ccc5c(-c6ccc7c(c6)C6(C)CCCCC6(C)N7c6ccccc6)ccc6ccc3c4c65)cc12. The molecule has 7 aliphatic rings. The summed E-state index contributed by atoms with van der Waals surface area (Å²) in [4.78, 5) is 7.98. The molecule has 3 aliphatic carbocycles. The van der Waals surface area contributed by atoms with E-state index in [1.54, 1.807) is 0 Å². The van der Waals surface area contributed by atoms with E-state index < -0.39 is 0 Å². The van der Waals surface area contributed by atoms with Crippen LogP contribution >= 0.6 is 31.9 Å². The summed E-state index contributed by atoms with van der Waals surface area (Å²) >= 11 is 7.30. The van der Waals surface area contributed by atoms with E-state index in [0.717, 1.165) is 14.4 Å². The molecule has 0 radical (unpaired) electrons. The Morgan fingerprint density at radius 2 is 0.604 bits per heavy atom. The molecule has 4 fully saturated rings. The second-order valence-corrected chi connectivity index (χ2v) is 36.2. The minimum absolute atomic E-state index is 0.0387. The van der Waals surface area contributed by atoms with Crippen molar-refractivity contribution in [1.29, 1.82) is 0 Å². The fourth-order valence-corrected chi connectivity index (χ4v) is 22.6. The van der Waals surface area contributed by atoms with Crippen LogP contribution in [0.5, 0.6) is 0 Å². The zero-order valence-corrected chi connectivity index (χ0v) is 66.2. The van der Waals surface area contributed by atoms with Gasteiger partial charge in [0.1, 0.15) is 0 Å². The number of halogens is 2. The molecule has 0 N–H and O–H groups in total. The first-order valence-electron chi connectivity index (χ1n) is 39.2. The van der Waals surface area contributed by atoms with Crippen LogP contribution in [0.2, 0.25) is 0 Å². The molecular formula is C98H94BBr2N3O2. The third kappa shape index (κ3) is 9.77. The Bertz CT molecular complexity index is 5530. The van der Waals surface area contributed by atoms with E-state index in [0.29, 0.717) is 0 Å². The number of para-hydroxylation sites is 3. The lowest BCUT2D eigenvalue weighted by Gasteiger charge is -2.50. The second-order valence-electron chi connectivity index (χ2n) is 34.4. The Balaban J connectivity index is 0.000000132. The van der Waals surface area contributed by atoms with E-state index in [9.17, 15) is 0 Å². The van der Waals surface area contributed by atoms with E-state index in [1.165, 1.54) is 215 Å². The van der Waals surface area contributed by atoms with Gasteiger partial charge in [0, 0.05) is 59.3 Å². The van der Waals surface area contributed by atoms with Crippen molar-refractivity contribution >= 4 is 143 Å². The third-order valence-corrected chi connectivity index (χ3v) is 30.1. The van der Waals surface area contributed by atoms with Crippen molar-refractivity contribution < 1.29 is 9.31 Å². The molecule has 1 saturated heterocycles. The Morgan fingerprint density at radius 1 is 0.302 bits per heavy atom. The largest absolute Gasteiger partial charge is 0.494 e. The Morgan fingerprint density at radius 3 is 0.972 bits per heavy atom. The van der Waals surface area contributed by atoms with Crippen LogP contribution in [-0.2, 0) is 25.6 Å². The van der Waals surface area contributed by atoms with Crippen molar-refractivity contribution in [2.24, 2.45) is 0 Å². The summed E-state index contributed by atoms with van der Waals surface area (Å²) in [5, 5.41) is 15.9. The van der Waals surface area contributed by atoms with Gasteiger partial charge in [-0.25, -0.2) is 0 Å². The average Bonchev–Trinajstić information content (AvgIpc) is 1.54. The highest BCUT2D eigenvalue weighted by Gasteiger charge is 2.61. The molecule has 0 amide bonds. The van der Waals surface area contributed by atoms with Crippen molar-refractivity contribution in [3.8, 4) is 22.3 Å². The van der Waals surface area contributed by atoms with Crippen molar-refractivity contribution in [3.63, 3.8) is 0 Å². The summed E-state index contributed by atoms with van der Waals surface area (Å²) in [6.07, 6.45) is 15.0. The fraction of sp³-hybridized carbons (Fsp3) is 0.306. The number of anilines is 6. The van der Waals surface area contributed by atoms with Crippen LogP contribution in [0.4, 0.5) is 34.1 Å². The molecular weight excluding hydrogens is 1420 g/mol. The lowest BCUT2D eigenvalue weighted by Crippen LogP contribution is -2.54. The molecule has 21 rings (SSSR count). The zero-order chi connectivity index (χ0) is 72.7. The molecule has 0 spiro atoms. The predicted molar refractivity (Wildman–Crippen MR) is 457 cm³/mol. The first-order valence-corrected chi connectivity index (χ1v) is 40.7. The molecule has 8 heteroatoms. The van der Waals surface area contributed by atoms with Crippen molar-refractivity contribution in [2.75, 3.05) is 14.7 Å². The molecule has 14 aromatic rings. The quantitative estimate of drug-likeness (QED) is 0.122. The maximum Gasteiger partial charge on any atom is 0.494 e. The number of fused-ring (bicyclic) bond motifs is 9. The van der Waals surface area contributed by atoms with Crippen molar-refractivity contribution in [2.45, 2.75) is 190 Å². The highest BCUT2D eigenvalue weighted by molar-refractivity contribution is 9.11. The predicted octanol–water partition coefficient (Wildman–Crippen LogP) is 27.2. The van der Waals surface area contributed by atoms with Crippen LogP contribution in [0.25, 0.3) is 86.9 Å². The number of nitrogens with zero attached hydrogens (tertiary/aromatic N) is 3. The van der Waals surface area contributed by atoms with E-state index >= 15 is 0 Å². The van der Waals surface area contributed by atoms with Gasteiger partial charge in [0.15, 0.2) is 0 Å². The maximum atomic E-state index is 6.38. The van der Waals surface area contributed by atoms with Gasteiger partial charge >= 0.3 is 7.12 Å². The van der Waals surface area contributed by atoms with E-state index in [2.05, 4.69) is 358 Å². The molecule has 6 atom stereocenters. The summed E-state index contributed by atoms with van der Waals surface area (Å²) in [6, 6.07) is 91.3. The van der Waals surface area contributed by atoms with E-state index in [4.69, 9.17) is 9.31 Å². The standard InChI is InChI=1S/C56H52N2.C26H34BNO2.C16H8Br2/c1-53-31-11-13-33-55(53,3)57(41-15-7-5-8-16-41)49-29-23-39(35-47(49)53)43-25-19-37-22-28-46-44(26-20-38-21-27-45(43)51(37)52(38)46)40-24-30-50-48(36-40)54(2)32-12-14-34-56(54,4)58(50)42-17-9-6-10-18-42;1-23(2)24(3,4)30-27(29-23)19-14-15-22-21(18-19)25(5)16-10-11-17-26(25,6)28(22)20-12-8-7-9-13-20;17-13-8-4-10-2-6-12-14(18)7-3-9-1-5-11(13)16(10)15(9)12/h5-10,15-30,35-36H,11-14,31-34H2,1-4H3;7-9,12-15,18H,10-11,16-17H2,1-6H3;1-8H. The van der Waals surface area contributed by atoms with Crippen LogP contribution in [0, 0.1) is 0 Å². The maximum absolute atomic E-state index is 6.38. The molecule has 14 aromatic carbocycles. The number of benzene rings is 14. The van der Waals surface area contributed by atoms with Gasteiger partial charge < -0.3 is 24.0 Å². The van der Waals surface area contributed by atoms with Gasteiger partial charge in [-0.05, 0) is 275 Å². The van der Waals surface area contributed by atoms with Crippen LogP contribution < -0.4 is 20.2 Å². The van der Waals surface area contributed by atoms with Gasteiger partial charge in [-0.3, -0.25) is 0 Å².